The molecular formula is C18H20BrN3O4. The van der Waals surface area contributed by atoms with E-state index < -0.39 is 5.97 Å². The number of ether oxygens (including phenoxy) is 1. The number of likely N-dealkylation sites (tertiary alicyclic amines) is 1. The molecule has 2 aliphatic rings. The summed E-state index contributed by atoms with van der Waals surface area (Å²) in [4.78, 5) is 25.4. The maximum atomic E-state index is 12.6. The van der Waals surface area contributed by atoms with Crippen LogP contribution in [0.5, 0.6) is 5.75 Å². The number of amides is 1. The smallest absolute Gasteiger partial charge is 0.335 e. The molecule has 138 valence electrons. The van der Waals surface area contributed by atoms with E-state index in [1.165, 1.54) is 12.1 Å². The number of rotatable bonds is 5. The van der Waals surface area contributed by atoms with E-state index in [4.69, 9.17) is 15.1 Å². The predicted octanol–water partition coefficient (Wildman–Crippen LogP) is 2.16. The van der Waals surface area contributed by atoms with Crippen molar-refractivity contribution in [3.05, 3.63) is 28.2 Å². The van der Waals surface area contributed by atoms with Gasteiger partial charge in [0.15, 0.2) is 0 Å². The highest BCUT2D eigenvalue weighted by atomic mass is 79.9. The van der Waals surface area contributed by atoms with E-state index in [2.05, 4.69) is 27.3 Å². The number of benzene rings is 1. The number of carboxylic acid groups (broad SMARTS) is 1. The zero-order chi connectivity index (χ0) is 18.7. The zero-order valence-corrected chi connectivity index (χ0v) is 15.7. The molecule has 2 N–H and O–H groups in total. The van der Waals surface area contributed by atoms with Crippen LogP contribution in [0.4, 0.5) is 0 Å². The second-order valence-electron chi connectivity index (χ2n) is 6.57. The molecule has 0 radical (unpaired) electrons. The number of carbonyl (C=O) groups is 2. The minimum absolute atomic E-state index is 0.00692. The van der Waals surface area contributed by atoms with Crippen LogP contribution in [0, 0.1) is 11.3 Å². The molecule has 8 heteroatoms. The average molecular weight is 422 g/mol. The molecule has 26 heavy (non-hydrogen) atoms. The van der Waals surface area contributed by atoms with Crippen LogP contribution < -0.4 is 10.1 Å². The molecule has 1 amide bonds. The maximum absolute atomic E-state index is 12.6. The van der Waals surface area contributed by atoms with Gasteiger partial charge in [0.1, 0.15) is 18.4 Å². The second kappa shape index (κ2) is 8.06. The number of halogens is 1. The SMILES string of the molecule is N#CC1CCCN1C(=O)C1CCC(COc2cc(C(=O)O)ccc2Br)N1. The molecule has 0 saturated carbocycles. The van der Waals surface area contributed by atoms with Crippen LogP contribution in [0.2, 0.25) is 0 Å². The molecule has 3 atom stereocenters. The van der Waals surface area contributed by atoms with Crippen molar-refractivity contribution < 1.29 is 19.4 Å². The van der Waals surface area contributed by atoms with Gasteiger partial charge in [0.2, 0.25) is 5.91 Å². The molecule has 2 saturated heterocycles. The minimum Gasteiger partial charge on any atom is -0.491 e. The molecule has 1 aromatic rings. The number of hydrogen-bond donors (Lipinski definition) is 2. The molecule has 2 fully saturated rings. The van der Waals surface area contributed by atoms with E-state index in [-0.39, 0.29) is 29.6 Å². The minimum atomic E-state index is -1.01. The second-order valence-corrected chi connectivity index (χ2v) is 7.43. The summed E-state index contributed by atoms with van der Waals surface area (Å²) in [7, 11) is 0. The number of carboxylic acids is 1. The summed E-state index contributed by atoms with van der Waals surface area (Å²) in [5.74, 6) is -0.555. The molecule has 7 nitrogen and oxygen atoms in total. The van der Waals surface area contributed by atoms with Crippen molar-refractivity contribution in [1.82, 2.24) is 10.2 Å². The lowest BCUT2D eigenvalue weighted by Crippen LogP contribution is -2.47. The van der Waals surface area contributed by atoms with Gasteiger partial charge in [0.05, 0.1) is 22.1 Å². The van der Waals surface area contributed by atoms with Crippen molar-refractivity contribution in [1.29, 1.82) is 5.26 Å². The third kappa shape index (κ3) is 4.00. The fourth-order valence-corrected chi connectivity index (χ4v) is 3.81. The Hall–Kier alpha value is -2.11. The van der Waals surface area contributed by atoms with Gasteiger partial charge in [0.25, 0.3) is 0 Å². The van der Waals surface area contributed by atoms with Crippen LogP contribution in [0.25, 0.3) is 0 Å². The molecule has 3 rings (SSSR count). The molecule has 2 aliphatic heterocycles. The fourth-order valence-electron chi connectivity index (χ4n) is 3.45. The Morgan fingerprint density at radius 1 is 1.38 bits per heavy atom. The van der Waals surface area contributed by atoms with Crippen molar-refractivity contribution >= 4 is 27.8 Å². The lowest BCUT2D eigenvalue weighted by atomic mass is 10.1. The molecule has 0 aromatic heterocycles. The van der Waals surface area contributed by atoms with Crippen LogP contribution in [-0.2, 0) is 4.79 Å². The Labute approximate surface area is 160 Å². The Morgan fingerprint density at radius 2 is 2.19 bits per heavy atom. The van der Waals surface area contributed by atoms with Gasteiger partial charge in [-0.1, -0.05) is 0 Å². The standard InChI is InChI=1S/C18H20BrN3O4/c19-14-5-3-11(18(24)25)8-16(14)26-10-12-4-6-15(21-12)17(23)22-7-1-2-13(22)9-20/h3,5,8,12-13,15,21H,1-2,4,6-7,10H2,(H,24,25). The van der Waals surface area contributed by atoms with Gasteiger partial charge < -0.3 is 14.7 Å². The number of hydrogen-bond acceptors (Lipinski definition) is 5. The number of nitrogens with zero attached hydrogens (tertiary/aromatic N) is 2. The highest BCUT2D eigenvalue weighted by Crippen LogP contribution is 2.27. The fraction of sp³-hybridized carbons (Fsp3) is 0.500. The van der Waals surface area contributed by atoms with Crippen LogP contribution in [0.3, 0.4) is 0 Å². The first-order chi connectivity index (χ1) is 12.5. The molecule has 3 unspecified atom stereocenters. The molecule has 0 bridgehead atoms. The van der Waals surface area contributed by atoms with Crippen molar-refractivity contribution in [2.45, 2.75) is 43.8 Å². The third-order valence-corrected chi connectivity index (χ3v) is 5.50. The van der Waals surface area contributed by atoms with Gasteiger partial charge in [-0.3, -0.25) is 10.1 Å². The molecule has 1 aromatic carbocycles. The number of carbonyl (C=O) groups excluding carboxylic acids is 1. The highest BCUT2D eigenvalue weighted by Gasteiger charge is 2.37. The summed E-state index contributed by atoms with van der Waals surface area (Å²) in [6.45, 7) is 0.985. The van der Waals surface area contributed by atoms with Gasteiger partial charge in [-0.15, -0.1) is 0 Å². The summed E-state index contributed by atoms with van der Waals surface area (Å²) >= 11 is 3.35. The lowest BCUT2D eigenvalue weighted by Gasteiger charge is -2.24. The molecule has 0 spiro atoms. The maximum Gasteiger partial charge on any atom is 0.335 e. The van der Waals surface area contributed by atoms with Crippen LogP contribution in [0.1, 0.15) is 36.0 Å². The van der Waals surface area contributed by atoms with Gasteiger partial charge in [-0.05, 0) is 59.8 Å². The van der Waals surface area contributed by atoms with Crippen molar-refractivity contribution in [2.75, 3.05) is 13.2 Å². The molecule has 2 heterocycles. The van der Waals surface area contributed by atoms with E-state index >= 15 is 0 Å². The van der Waals surface area contributed by atoms with Crippen LogP contribution in [0.15, 0.2) is 22.7 Å². The van der Waals surface area contributed by atoms with E-state index in [0.717, 1.165) is 19.3 Å². The summed E-state index contributed by atoms with van der Waals surface area (Å²) in [5, 5.41) is 21.5. The predicted molar refractivity (Wildman–Crippen MR) is 96.9 cm³/mol. The van der Waals surface area contributed by atoms with Gasteiger partial charge >= 0.3 is 5.97 Å². The average Bonchev–Trinajstić information content (AvgIpc) is 3.29. The first-order valence-electron chi connectivity index (χ1n) is 8.61. The van der Waals surface area contributed by atoms with Gasteiger partial charge in [-0.2, -0.15) is 5.26 Å². The lowest BCUT2D eigenvalue weighted by molar-refractivity contribution is -0.133. The van der Waals surface area contributed by atoms with Crippen molar-refractivity contribution in [3.8, 4) is 11.8 Å². The number of nitrogens with one attached hydrogen (secondary N) is 1. The van der Waals surface area contributed by atoms with E-state index in [9.17, 15) is 9.59 Å². The first kappa shape index (κ1) is 18.7. The Morgan fingerprint density at radius 3 is 2.92 bits per heavy atom. The summed E-state index contributed by atoms with van der Waals surface area (Å²) < 4.78 is 6.44. The Bertz CT molecular complexity index is 748. The largest absolute Gasteiger partial charge is 0.491 e. The highest BCUT2D eigenvalue weighted by molar-refractivity contribution is 9.10. The number of aromatic carboxylic acids is 1. The third-order valence-electron chi connectivity index (χ3n) is 4.84. The number of nitriles is 1. The zero-order valence-electron chi connectivity index (χ0n) is 14.2. The first-order valence-corrected chi connectivity index (χ1v) is 9.40. The van der Waals surface area contributed by atoms with E-state index in [1.54, 1.807) is 11.0 Å². The normalized spacial score (nSPS) is 25.1. The van der Waals surface area contributed by atoms with Crippen LogP contribution in [-0.4, -0.2) is 53.2 Å². The Kier molecular flexibility index (Phi) is 5.79. The van der Waals surface area contributed by atoms with Gasteiger partial charge in [-0.25, -0.2) is 4.79 Å². The monoisotopic (exact) mass is 421 g/mol. The summed E-state index contributed by atoms with van der Waals surface area (Å²) in [6, 6.07) is 6.23. The van der Waals surface area contributed by atoms with Crippen molar-refractivity contribution in [2.24, 2.45) is 0 Å². The summed E-state index contributed by atoms with van der Waals surface area (Å²) in [6.07, 6.45) is 3.11. The van der Waals surface area contributed by atoms with E-state index in [1.807, 2.05) is 0 Å². The Balaban J connectivity index is 1.55. The molecule has 0 aliphatic carbocycles. The quantitative estimate of drug-likeness (QED) is 0.754. The van der Waals surface area contributed by atoms with Crippen molar-refractivity contribution in [3.63, 3.8) is 0 Å². The van der Waals surface area contributed by atoms with Crippen LogP contribution >= 0.6 is 15.9 Å². The molecular weight excluding hydrogens is 402 g/mol. The summed E-state index contributed by atoms with van der Waals surface area (Å²) in [5.41, 5.74) is 0.159. The van der Waals surface area contributed by atoms with Gasteiger partial charge in [0, 0.05) is 12.6 Å². The van der Waals surface area contributed by atoms with E-state index in [0.29, 0.717) is 29.8 Å². The topological polar surface area (TPSA) is 103 Å².